The number of nitrogen functional groups attached to an aromatic ring is 1. The van der Waals surface area contributed by atoms with Crippen molar-refractivity contribution in [2.24, 2.45) is 0 Å². The van der Waals surface area contributed by atoms with Crippen molar-refractivity contribution in [1.29, 1.82) is 0 Å². The summed E-state index contributed by atoms with van der Waals surface area (Å²) in [5.41, 5.74) is 8.82. The molecule has 2 N–H and O–H groups in total. The Bertz CT molecular complexity index is 563. The smallest absolute Gasteiger partial charge is 0.128 e. The number of nitrogens with two attached hydrogens (primary N) is 1. The van der Waals surface area contributed by atoms with E-state index in [-0.39, 0.29) is 5.82 Å². The molecule has 0 spiro atoms. The summed E-state index contributed by atoms with van der Waals surface area (Å²) in [6.07, 6.45) is 1.66. The number of rotatable bonds is 3. The van der Waals surface area contributed by atoms with Gasteiger partial charge in [0.05, 0.1) is 17.6 Å². The van der Waals surface area contributed by atoms with Gasteiger partial charge in [0.2, 0.25) is 0 Å². The monoisotopic (exact) mass is 248 g/mol. The lowest BCUT2D eigenvalue weighted by molar-refractivity contribution is 0.529. The molecule has 0 unspecified atom stereocenters. The summed E-state index contributed by atoms with van der Waals surface area (Å²) in [5, 5.41) is 0. The Balaban J connectivity index is 2.26. The quantitative estimate of drug-likeness (QED) is 0.848. The molecule has 2 aromatic rings. The first kappa shape index (κ1) is 12.5. The normalized spacial score (nSPS) is 10.7. The molecule has 0 saturated carbocycles. The molecule has 4 heteroatoms. The van der Waals surface area contributed by atoms with Crippen LogP contribution < -0.4 is 10.6 Å². The van der Waals surface area contributed by atoms with Gasteiger partial charge in [-0.3, -0.25) is 0 Å². The van der Waals surface area contributed by atoms with Crippen LogP contribution >= 0.6 is 0 Å². The van der Waals surface area contributed by atoms with E-state index in [1.165, 1.54) is 6.07 Å². The largest absolute Gasteiger partial charge is 0.469 e. The maximum absolute atomic E-state index is 13.4. The van der Waals surface area contributed by atoms with E-state index in [1.54, 1.807) is 19.3 Å². The Labute approximate surface area is 106 Å². The molecule has 0 radical (unpaired) electrons. The third-order valence-corrected chi connectivity index (χ3v) is 3.09. The zero-order valence-corrected chi connectivity index (χ0v) is 10.8. The summed E-state index contributed by atoms with van der Waals surface area (Å²) in [6, 6.07) is 5.06. The number of hydrogen-bond acceptors (Lipinski definition) is 3. The van der Waals surface area contributed by atoms with Gasteiger partial charge in [-0.15, -0.1) is 0 Å². The van der Waals surface area contributed by atoms with Crippen LogP contribution in [0, 0.1) is 19.7 Å². The molecule has 1 aromatic carbocycles. The first-order valence-corrected chi connectivity index (χ1v) is 5.78. The molecule has 3 nitrogen and oxygen atoms in total. The van der Waals surface area contributed by atoms with E-state index in [0.717, 1.165) is 17.0 Å². The average Bonchev–Trinajstić information content (AvgIpc) is 2.69. The van der Waals surface area contributed by atoms with Crippen molar-refractivity contribution >= 4 is 11.4 Å². The van der Waals surface area contributed by atoms with Gasteiger partial charge in [0.25, 0.3) is 0 Å². The van der Waals surface area contributed by atoms with Crippen LogP contribution in [0.15, 0.2) is 28.9 Å². The predicted molar refractivity (Wildman–Crippen MR) is 71.1 cm³/mol. The summed E-state index contributed by atoms with van der Waals surface area (Å²) < 4.78 is 18.6. The molecule has 0 atom stereocenters. The summed E-state index contributed by atoms with van der Waals surface area (Å²) in [7, 11) is 1.93. The lowest BCUT2D eigenvalue weighted by atomic mass is 10.1. The Morgan fingerprint density at radius 2 is 2.06 bits per heavy atom. The highest BCUT2D eigenvalue weighted by atomic mass is 19.1. The lowest BCUT2D eigenvalue weighted by Crippen LogP contribution is -2.18. The van der Waals surface area contributed by atoms with Gasteiger partial charge in [0, 0.05) is 19.2 Å². The second-order valence-electron chi connectivity index (χ2n) is 4.52. The molecule has 0 aliphatic rings. The van der Waals surface area contributed by atoms with Gasteiger partial charge in [0.1, 0.15) is 11.6 Å². The molecule has 0 aliphatic carbocycles. The summed E-state index contributed by atoms with van der Waals surface area (Å²) >= 11 is 0. The fourth-order valence-corrected chi connectivity index (χ4v) is 1.93. The van der Waals surface area contributed by atoms with E-state index < -0.39 is 0 Å². The third-order valence-electron chi connectivity index (χ3n) is 3.09. The van der Waals surface area contributed by atoms with E-state index in [0.29, 0.717) is 17.8 Å². The van der Waals surface area contributed by atoms with Crippen molar-refractivity contribution < 1.29 is 8.81 Å². The number of aryl methyl sites for hydroxylation is 2. The highest BCUT2D eigenvalue weighted by Crippen LogP contribution is 2.27. The van der Waals surface area contributed by atoms with E-state index in [9.17, 15) is 4.39 Å². The van der Waals surface area contributed by atoms with Crippen LogP contribution in [-0.4, -0.2) is 7.05 Å². The Kier molecular flexibility index (Phi) is 3.28. The molecule has 96 valence electrons. The van der Waals surface area contributed by atoms with Gasteiger partial charge in [0.15, 0.2) is 0 Å². The van der Waals surface area contributed by atoms with Crippen LogP contribution in [-0.2, 0) is 6.54 Å². The Morgan fingerprint density at radius 3 is 2.67 bits per heavy atom. The molecule has 0 bridgehead atoms. The fourth-order valence-electron chi connectivity index (χ4n) is 1.93. The van der Waals surface area contributed by atoms with Crippen LogP contribution in [0.25, 0.3) is 0 Å². The van der Waals surface area contributed by atoms with Crippen molar-refractivity contribution in [1.82, 2.24) is 0 Å². The van der Waals surface area contributed by atoms with E-state index >= 15 is 0 Å². The maximum Gasteiger partial charge on any atom is 0.128 e. The van der Waals surface area contributed by atoms with Gasteiger partial charge in [-0.05, 0) is 37.6 Å². The molecule has 0 saturated heterocycles. The number of halogens is 1. The molecule has 18 heavy (non-hydrogen) atoms. The van der Waals surface area contributed by atoms with E-state index in [1.807, 2.05) is 24.9 Å². The summed E-state index contributed by atoms with van der Waals surface area (Å²) in [4.78, 5) is 1.99. The van der Waals surface area contributed by atoms with Crippen LogP contribution in [0.1, 0.15) is 16.9 Å². The van der Waals surface area contributed by atoms with Gasteiger partial charge in [-0.1, -0.05) is 0 Å². The lowest BCUT2D eigenvalue weighted by Gasteiger charge is -2.21. The van der Waals surface area contributed by atoms with Gasteiger partial charge in [-0.2, -0.15) is 0 Å². The molecule has 0 fully saturated rings. The summed E-state index contributed by atoms with van der Waals surface area (Å²) in [5.74, 6) is 0.614. The van der Waals surface area contributed by atoms with Crippen molar-refractivity contribution in [3.63, 3.8) is 0 Å². The average molecular weight is 248 g/mol. The van der Waals surface area contributed by atoms with Crippen LogP contribution in [0.4, 0.5) is 15.8 Å². The predicted octanol–water partition coefficient (Wildman–Crippen LogP) is 3.25. The summed E-state index contributed by atoms with van der Waals surface area (Å²) in [6.45, 7) is 4.33. The Hall–Kier alpha value is -1.97. The van der Waals surface area contributed by atoms with Gasteiger partial charge < -0.3 is 15.1 Å². The topological polar surface area (TPSA) is 42.4 Å². The second kappa shape index (κ2) is 4.72. The van der Waals surface area contributed by atoms with E-state index in [2.05, 4.69) is 0 Å². The molecule has 1 heterocycles. The minimum Gasteiger partial charge on any atom is -0.469 e. The molecule has 1 aromatic heterocycles. The number of hydrogen-bond donors (Lipinski definition) is 1. The Morgan fingerprint density at radius 1 is 1.33 bits per heavy atom. The van der Waals surface area contributed by atoms with Crippen molar-refractivity contribution in [2.75, 3.05) is 17.7 Å². The molecular formula is C14H17FN2O. The first-order valence-electron chi connectivity index (χ1n) is 5.78. The van der Waals surface area contributed by atoms with E-state index in [4.69, 9.17) is 10.2 Å². The molecule has 0 amide bonds. The van der Waals surface area contributed by atoms with Crippen molar-refractivity contribution in [3.05, 3.63) is 47.2 Å². The van der Waals surface area contributed by atoms with Crippen LogP contribution in [0.2, 0.25) is 0 Å². The van der Waals surface area contributed by atoms with Gasteiger partial charge in [-0.25, -0.2) is 4.39 Å². The fraction of sp³-hybridized carbons (Fsp3) is 0.286. The highest BCUT2D eigenvalue weighted by molar-refractivity contribution is 5.68. The third kappa shape index (κ3) is 2.32. The van der Waals surface area contributed by atoms with Crippen molar-refractivity contribution in [2.45, 2.75) is 20.4 Å². The number of furan rings is 1. The molecular weight excluding hydrogens is 231 g/mol. The number of benzene rings is 1. The number of anilines is 2. The standard InChI is InChI=1S/C14H17FN2O/c1-9-6-14(13(16)7-12(9)15)17(3)8-11-4-5-18-10(11)2/h4-7H,8,16H2,1-3H3. The molecule has 0 aliphatic heterocycles. The molecule has 2 rings (SSSR count). The highest BCUT2D eigenvalue weighted by Gasteiger charge is 2.11. The zero-order valence-electron chi connectivity index (χ0n) is 10.8. The first-order chi connectivity index (χ1) is 8.49. The zero-order chi connectivity index (χ0) is 13.3. The second-order valence-corrected chi connectivity index (χ2v) is 4.52. The minimum atomic E-state index is -0.274. The van der Waals surface area contributed by atoms with Crippen LogP contribution in [0.3, 0.4) is 0 Å². The number of nitrogens with zero attached hydrogens (tertiary/aromatic N) is 1. The van der Waals surface area contributed by atoms with Gasteiger partial charge >= 0.3 is 0 Å². The minimum absolute atomic E-state index is 0.274. The maximum atomic E-state index is 13.4. The van der Waals surface area contributed by atoms with Crippen LogP contribution in [0.5, 0.6) is 0 Å². The van der Waals surface area contributed by atoms with Crippen molar-refractivity contribution in [3.8, 4) is 0 Å². The SMILES string of the molecule is Cc1cc(N(C)Cc2ccoc2C)c(N)cc1F.